The van der Waals surface area contributed by atoms with Gasteiger partial charge in [-0.2, -0.15) is 0 Å². The summed E-state index contributed by atoms with van der Waals surface area (Å²) in [5, 5.41) is 13.9. The second-order valence-corrected chi connectivity index (χ2v) is 9.12. The van der Waals surface area contributed by atoms with Crippen molar-refractivity contribution in [1.29, 1.82) is 0 Å². The van der Waals surface area contributed by atoms with Gasteiger partial charge < -0.3 is 5.32 Å². The van der Waals surface area contributed by atoms with Gasteiger partial charge in [0, 0.05) is 16.8 Å². The Morgan fingerprint density at radius 2 is 0.886 bits per heavy atom. The van der Waals surface area contributed by atoms with Crippen molar-refractivity contribution >= 4 is 54.5 Å². The first kappa shape index (κ1) is 19.8. The van der Waals surface area contributed by atoms with Crippen molar-refractivity contribution in [3.63, 3.8) is 0 Å². The predicted molar refractivity (Wildman–Crippen MR) is 152 cm³/mol. The van der Waals surface area contributed by atoms with Crippen LogP contribution in [0.15, 0.2) is 133 Å². The summed E-state index contributed by atoms with van der Waals surface area (Å²) in [6.45, 7) is 0. The molecule has 0 bridgehead atoms. The number of hydrogen-bond acceptors (Lipinski definition) is 1. The van der Waals surface area contributed by atoms with Crippen LogP contribution >= 0.6 is 0 Å². The van der Waals surface area contributed by atoms with Crippen molar-refractivity contribution in [3.05, 3.63) is 133 Å². The number of nitrogens with one attached hydrogen (secondary N) is 1. The third kappa shape index (κ3) is 3.41. The molecule has 1 heteroatoms. The number of benzene rings is 7. The summed E-state index contributed by atoms with van der Waals surface area (Å²) in [6.07, 6.45) is 0. The van der Waals surface area contributed by atoms with Crippen LogP contribution in [0.25, 0.3) is 54.2 Å². The Hall–Kier alpha value is -4.62. The summed E-state index contributed by atoms with van der Waals surface area (Å²) in [7, 11) is 0. The lowest BCUT2D eigenvalue weighted by Crippen LogP contribution is -1.92. The standard InChI is InChI=1S/C34H23N/c1-3-9-29-24(7-1)13-14-25-15-16-26(21-33(25)29)23-17-19-28(20-18-23)35-34-22-27-8-2-4-10-30(27)31-11-5-6-12-32(31)34/h1-22,35H. The number of rotatable bonds is 3. The smallest absolute Gasteiger partial charge is 0.0470 e. The van der Waals surface area contributed by atoms with Gasteiger partial charge >= 0.3 is 0 Å². The van der Waals surface area contributed by atoms with Gasteiger partial charge in [-0.15, -0.1) is 0 Å². The molecule has 0 aliphatic heterocycles. The van der Waals surface area contributed by atoms with E-state index in [1.54, 1.807) is 0 Å². The molecule has 0 radical (unpaired) electrons. The quantitative estimate of drug-likeness (QED) is 0.267. The minimum atomic E-state index is 1.08. The van der Waals surface area contributed by atoms with E-state index in [1.165, 1.54) is 54.2 Å². The summed E-state index contributed by atoms with van der Waals surface area (Å²) in [5.41, 5.74) is 4.66. The zero-order chi connectivity index (χ0) is 23.2. The highest BCUT2D eigenvalue weighted by Gasteiger charge is 2.08. The van der Waals surface area contributed by atoms with E-state index in [0.29, 0.717) is 0 Å². The van der Waals surface area contributed by atoms with Crippen LogP contribution in [0.1, 0.15) is 0 Å². The molecule has 7 rings (SSSR count). The van der Waals surface area contributed by atoms with Gasteiger partial charge in [-0.1, -0.05) is 109 Å². The fourth-order valence-corrected chi connectivity index (χ4v) is 5.24. The average Bonchev–Trinajstić information content (AvgIpc) is 2.93. The van der Waals surface area contributed by atoms with Crippen molar-refractivity contribution in [2.24, 2.45) is 0 Å². The van der Waals surface area contributed by atoms with Crippen LogP contribution in [-0.2, 0) is 0 Å². The first-order valence-electron chi connectivity index (χ1n) is 12.0. The molecule has 0 fully saturated rings. The lowest BCUT2D eigenvalue weighted by Gasteiger charge is -2.13. The van der Waals surface area contributed by atoms with Crippen molar-refractivity contribution in [1.82, 2.24) is 0 Å². The normalized spacial score (nSPS) is 11.4. The zero-order valence-corrected chi connectivity index (χ0v) is 19.2. The molecule has 0 saturated heterocycles. The van der Waals surface area contributed by atoms with Gasteiger partial charge in [-0.25, -0.2) is 0 Å². The Kier molecular flexibility index (Phi) is 4.53. The second kappa shape index (κ2) is 8.00. The second-order valence-electron chi connectivity index (χ2n) is 9.12. The summed E-state index contributed by atoms with van der Waals surface area (Å²) in [4.78, 5) is 0. The molecule has 0 aromatic heterocycles. The first-order chi connectivity index (χ1) is 17.3. The van der Waals surface area contributed by atoms with Crippen LogP contribution in [0.5, 0.6) is 0 Å². The van der Waals surface area contributed by atoms with Crippen LogP contribution in [0.3, 0.4) is 0 Å². The molecule has 1 nitrogen and oxygen atoms in total. The van der Waals surface area contributed by atoms with Gasteiger partial charge in [-0.3, -0.25) is 0 Å². The largest absolute Gasteiger partial charge is 0.355 e. The molecule has 0 saturated carbocycles. The van der Waals surface area contributed by atoms with Crippen molar-refractivity contribution in [3.8, 4) is 11.1 Å². The average molecular weight is 446 g/mol. The van der Waals surface area contributed by atoms with Crippen molar-refractivity contribution in [2.45, 2.75) is 0 Å². The number of anilines is 2. The number of fused-ring (bicyclic) bond motifs is 6. The zero-order valence-electron chi connectivity index (χ0n) is 19.2. The Morgan fingerprint density at radius 1 is 0.343 bits per heavy atom. The molecule has 0 spiro atoms. The molecule has 0 aliphatic rings. The van der Waals surface area contributed by atoms with Gasteiger partial charge in [0.2, 0.25) is 0 Å². The Morgan fingerprint density at radius 3 is 1.66 bits per heavy atom. The molecule has 7 aromatic rings. The summed E-state index contributed by atoms with van der Waals surface area (Å²) < 4.78 is 0. The lowest BCUT2D eigenvalue weighted by atomic mass is 9.97. The van der Waals surface area contributed by atoms with Gasteiger partial charge in [0.1, 0.15) is 0 Å². The van der Waals surface area contributed by atoms with Gasteiger partial charge in [0.15, 0.2) is 0 Å². The maximum absolute atomic E-state index is 3.67. The Balaban J connectivity index is 1.27. The SMILES string of the molecule is c1ccc2c(c1)ccc1ccc(-c3ccc(Nc4cc5ccccc5c5ccccc45)cc3)cc12. The molecule has 164 valence electrons. The molecular formula is C34H23N. The molecule has 0 aliphatic carbocycles. The molecule has 0 heterocycles. The summed E-state index contributed by atoms with van der Waals surface area (Å²) >= 11 is 0. The van der Waals surface area contributed by atoms with E-state index < -0.39 is 0 Å². The Labute approximate surface area is 204 Å². The van der Waals surface area contributed by atoms with Gasteiger partial charge in [0.05, 0.1) is 0 Å². The maximum atomic E-state index is 3.67. The fraction of sp³-hybridized carbons (Fsp3) is 0. The minimum Gasteiger partial charge on any atom is -0.355 e. The van der Waals surface area contributed by atoms with Gasteiger partial charge in [0.25, 0.3) is 0 Å². The highest BCUT2D eigenvalue weighted by Crippen LogP contribution is 2.35. The summed E-state index contributed by atoms with van der Waals surface area (Å²) in [5.74, 6) is 0. The van der Waals surface area contributed by atoms with Crippen molar-refractivity contribution < 1.29 is 0 Å². The van der Waals surface area contributed by atoms with E-state index in [1.807, 2.05) is 0 Å². The first-order valence-corrected chi connectivity index (χ1v) is 12.0. The molecular weight excluding hydrogens is 422 g/mol. The van der Waals surface area contributed by atoms with E-state index in [-0.39, 0.29) is 0 Å². The number of hydrogen-bond donors (Lipinski definition) is 1. The third-order valence-electron chi connectivity index (χ3n) is 7.01. The molecule has 0 unspecified atom stereocenters. The minimum absolute atomic E-state index is 1.08. The fourth-order valence-electron chi connectivity index (χ4n) is 5.24. The van der Waals surface area contributed by atoms with E-state index in [4.69, 9.17) is 0 Å². The lowest BCUT2D eigenvalue weighted by molar-refractivity contribution is 1.57. The highest BCUT2D eigenvalue weighted by molar-refractivity contribution is 6.13. The van der Waals surface area contributed by atoms with Crippen LogP contribution < -0.4 is 5.32 Å². The highest BCUT2D eigenvalue weighted by atomic mass is 14.9. The van der Waals surface area contributed by atoms with E-state index in [9.17, 15) is 0 Å². The molecule has 0 atom stereocenters. The van der Waals surface area contributed by atoms with Crippen LogP contribution in [-0.4, -0.2) is 0 Å². The summed E-state index contributed by atoms with van der Waals surface area (Å²) in [6, 6.07) is 48.0. The molecule has 35 heavy (non-hydrogen) atoms. The van der Waals surface area contributed by atoms with Crippen LogP contribution in [0.4, 0.5) is 11.4 Å². The van der Waals surface area contributed by atoms with Crippen molar-refractivity contribution in [2.75, 3.05) is 5.32 Å². The maximum Gasteiger partial charge on any atom is 0.0470 e. The van der Waals surface area contributed by atoms with E-state index >= 15 is 0 Å². The van der Waals surface area contributed by atoms with E-state index in [2.05, 4.69) is 139 Å². The third-order valence-corrected chi connectivity index (χ3v) is 7.01. The Bertz CT molecular complexity index is 1860. The molecule has 1 N–H and O–H groups in total. The van der Waals surface area contributed by atoms with Crippen LogP contribution in [0.2, 0.25) is 0 Å². The molecule has 0 amide bonds. The predicted octanol–water partition coefficient (Wildman–Crippen LogP) is 9.71. The van der Waals surface area contributed by atoms with E-state index in [0.717, 1.165) is 11.4 Å². The van der Waals surface area contributed by atoms with Gasteiger partial charge in [-0.05, 0) is 73.1 Å². The topological polar surface area (TPSA) is 12.0 Å². The molecule has 7 aromatic carbocycles. The van der Waals surface area contributed by atoms with Crippen LogP contribution in [0, 0.1) is 0 Å². The monoisotopic (exact) mass is 445 g/mol.